The van der Waals surface area contributed by atoms with Crippen molar-refractivity contribution in [2.75, 3.05) is 13.2 Å². The number of aliphatic hydroxyl groups excluding tert-OH is 1. The standard InChI is InChI=1S/C11H12BrF4NO2/c12-8-1-2-9(19-10(13)14)7(3-8)4-17-5-11(15,16)6-18/h1-3,10,17-18H,4-6H2. The molecule has 0 amide bonds. The van der Waals surface area contributed by atoms with Crippen LogP contribution in [0.3, 0.4) is 0 Å². The minimum Gasteiger partial charge on any atom is -0.434 e. The van der Waals surface area contributed by atoms with Gasteiger partial charge in [-0.25, -0.2) is 8.78 Å². The third-order valence-electron chi connectivity index (χ3n) is 2.17. The van der Waals surface area contributed by atoms with Gasteiger partial charge in [0, 0.05) is 16.6 Å². The molecule has 8 heteroatoms. The maximum atomic E-state index is 12.8. The van der Waals surface area contributed by atoms with E-state index < -0.39 is 25.7 Å². The second kappa shape index (κ2) is 7.06. The molecule has 0 aliphatic rings. The van der Waals surface area contributed by atoms with Crippen LogP contribution in [0.15, 0.2) is 22.7 Å². The lowest BCUT2D eigenvalue weighted by Gasteiger charge is -2.15. The lowest BCUT2D eigenvalue weighted by atomic mass is 10.2. The molecule has 0 aliphatic heterocycles. The van der Waals surface area contributed by atoms with Crippen molar-refractivity contribution < 1.29 is 27.4 Å². The van der Waals surface area contributed by atoms with E-state index in [0.29, 0.717) is 10.0 Å². The topological polar surface area (TPSA) is 41.5 Å². The Balaban J connectivity index is 2.68. The number of alkyl halides is 4. The lowest BCUT2D eigenvalue weighted by Crippen LogP contribution is -2.35. The zero-order valence-corrected chi connectivity index (χ0v) is 11.3. The minimum absolute atomic E-state index is 0.0852. The maximum Gasteiger partial charge on any atom is 0.387 e. The molecule has 1 rings (SSSR count). The van der Waals surface area contributed by atoms with Gasteiger partial charge in [0.2, 0.25) is 0 Å². The Hall–Kier alpha value is -0.860. The van der Waals surface area contributed by atoms with Gasteiger partial charge >= 0.3 is 6.61 Å². The number of hydrogen-bond donors (Lipinski definition) is 2. The van der Waals surface area contributed by atoms with Crippen LogP contribution < -0.4 is 10.1 Å². The molecule has 0 saturated heterocycles. The fourth-order valence-corrected chi connectivity index (χ4v) is 1.74. The summed E-state index contributed by atoms with van der Waals surface area (Å²) >= 11 is 3.15. The van der Waals surface area contributed by atoms with Gasteiger partial charge in [0.1, 0.15) is 12.4 Å². The van der Waals surface area contributed by atoms with E-state index in [9.17, 15) is 17.6 Å². The molecule has 3 nitrogen and oxygen atoms in total. The van der Waals surface area contributed by atoms with E-state index in [4.69, 9.17) is 5.11 Å². The highest BCUT2D eigenvalue weighted by Gasteiger charge is 2.26. The molecule has 0 aliphatic carbocycles. The summed E-state index contributed by atoms with van der Waals surface area (Å²) in [6.07, 6.45) is 0. The Kier molecular flexibility index (Phi) is 6.02. The molecule has 1 aromatic carbocycles. The Morgan fingerprint density at radius 3 is 2.63 bits per heavy atom. The molecule has 0 aromatic heterocycles. The van der Waals surface area contributed by atoms with E-state index >= 15 is 0 Å². The first-order valence-electron chi connectivity index (χ1n) is 5.27. The third kappa shape index (κ3) is 5.75. The third-order valence-corrected chi connectivity index (χ3v) is 2.66. The van der Waals surface area contributed by atoms with Crippen molar-refractivity contribution in [1.29, 1.82) is 0 Å². The molecule has 0 saturated carbocycles. The van der Waals surface area contributed by atoms with Crippen LogP contribution in [0, 0.1) is 0 Å². The first-order chi connectivity index (χ1) is 8.84. The van der Waals surface area contributed by atoms with Gasteiger partial charge in [-0.1, -0.05) is 15.9 Å². The van der Waals surface area contributed by atoms with Crippen LogP contribution in [0.1, 0.15) is 5.56 Å². The van der Waals surface area contributed by atoms with Gasteiger partial charge < -0.3 is 15.2 Å². The molecule has 19 heavy (non-hydrogen) atoms. The van der Waals surface area contributed by atoms with Crippen molar-refractivity contribution in [2.45, 2.75) is 19.1 Å². The number of ether oxygens (including phenoxy) is 1. The number of benzene rings is 1. The Morgan fingerprint density at radius 1 is 1.37 bits per heavy atom. The molecule has 0 unspecified atom stereocenters. The SMILES string of the molecule is OCC(F)(F)CNCc1cc(Br)ccc1OC(F)F. The second-order valence-electron chi connectivity index (χ2n) is 3.75. The number of halogens is 5. The smallest absolute Gasteiger partial charge is 0.387 e. The second-order valence-corrected chi connectivity index (χ2v) is 4.66. The molecule has 0 heterocycles. The normalized spacial score (nSPS) is 11.9. The van der Waals surface area contributed by atoms with Gasteiger partial charge in [-0.05, 0) is 18.2 Å². The van der Waals surface area contributed by atoms with E-state index in [2.05, 4.69) is 26.0 Å². The van der Waals surface area contributed by atoms with Crippen molar-refractivity contribution >= 4 is 15.9 Å². The molecule has 0 radical (unpaired) electrons. The molecule has 0 spiro atoms. The number of rotatable bonds is 7. The van der Waals surface area contributed by atoms with Gasteiger partial charge in [0.15, 0.2) is 0 Å². The fraction of sp³-hybridized carbons (Fsp3) is 0.455. The van der Waals surface area contributed by atoms with Crippen molar-refractivity contribution in [3.8, 4) is 5.75 Å². The highest BCUT2D eigenvalue weighted by atomic mass is 79.9. The summed E-state index contributed by atoms with van der Waals surface area (Å²) in [5.74, 6) is -3.34. The predicted molar refractivity (Wildman–Crippen MR) is 64.5 cm³/mol. The summed E-state index contributed by atoms with van der Waals surface area (Å²) in [5, 5.41) is 10.8. The van der Waals surface area contributed by atoms with Crippen molar-refractivity contribution in [3.63, 3.8) is 0 Å². The number of hydrogen-bond acceptors (Lipinski definition) is 3. The fourth-order valence-electron chi connectivity index (χ4n) is 1.33. The van der Waals surface area contributed by atoms with Crippen LogP contribution in [0.2, 0.25) is 0 Å². The van der Waals surface area contributed by atoms with Gasteiger partial charge in [-0.15, -0.1) is 0 Å². The summed E-state index contributed by atoms with van der Waals surface area (Å²) in [6, 6.07) is 4.31. The number of aliphatic hydroxyl groups is 1. The molecule has 2 N–H and O–H groups in total. The molecule has 0 fully saturated rings. The zero-order valence-electron chi connectivity index (χ0n) is 9.68. The zero-order chi connectivity index (χ0) is 14.5. The van der Waals surface area contributed by atoms with Crippen LogP contribution in [-0.2, 0) is 6.54 Å². The molecule has 1 aromatic rings. The Morgan fingerprint density at radius 2 is 2.05 bits per heavy atom. The quantitative estimate of drug-likeness (QED) is 0.746. The summed E-state index contributed by atoms with van der Waals surface area (Å²) in [4.78, 5) is 0. The van der Waals surface area contributed by atoms with Crippen LogP contribution in [-0.4, -0.2) is 30.8 Å². The van der Waals surface area contributed by atoms with Crippen LogP contribution in [0.25, 0.3) is 0 Å². The van der Waals surface area contributed by atoms with Gasteiger partial charge in [0.25, 0.3) is 5.92 Å². The Labute approximate surface area is 115 Å². The molecular formula is C11H12BrF4NO2. The van der Waals surface area contributed by atoms with E-state index in [1.807, 2.05) is 0 Å². The molecule has 0 bridgehead atoms. The monoisotopic (exact) mass is 345 g/mol. The van der Waals surface area contributed by atoms with Crippen LogP contribution in [0.5, 0.6) is 5.75 Å². The van der Waals surface area contributed by atoms with Gasteiger partial charge in [-0.2, -0.15) is 8.78 Å². The van der Waals surface area contributed by atoms with Crippen molar-refractivity contribution in [2.24, 2.45) is 0 Å². The van der Waals surface area contributed by atoms with E-state index in [-0.39, 0.29) is 12.3 Å². The van der Waals surface area contributed by atoms with Gasteiger partial charge in [-0.3, -0.25) is 0 Å². The summed E-state index contributed by atoms with van der Waals surface area (Å²) in [5.41, 5.74) is 0.309. The first kappa shape index (κ1) is 16.2. The molecule has 0 atom stereocenters. The highest BCUT2D eigenvalue weighted by molar-refractivity contribution is 9.10. The summed E-state index contributed by atoms with van der Waals surface area (Å²) in [6.45, 7) is -5.11. The average molecular weight is 346 g/mol. The molecular weight excluding hydrogens is 334 g/mol. The molecule has 108 valence electrons. The largest absolute Gasteiger partial charge is 0.434 e. The van der Waals surface area contributed by atoms with E-state index in [1.54, 1.807) is 0 Å². The maximum absolute atomic E-state index is 12.8. The number of nitrogens with one attached hydrogen (secondary N) is 1. The van der Waals surface area contributed by atoms with Crippen LogP contribution >= 0.6 is 15.9 Å². The van der Waals surface area contributed by atoms with Crippen molar-refractivity contribution in [1.82, 2.24) is 5.32 Å². The first-order valence-corrected chi connectivity index (χ1v) is 6.06. The van der Waals surface area contributed by atoms with Crippen molar-refractivity contribution in [3.05, 3.63) is 28.2 Å². The highest BCUT2D eigenvalue weighted by Crippen LogP contribution is 2.25. The predicted octanol–water partition coefficient (Wildman–Crippen LogP) is 2.77. The average Bonchev–Trinajstić information content (AvgIpc) is 2.32. The summed E-state index contributed by atoms with van der Waals surface area (Å²) in [7, 11) is 0. The van der Waals surface area contributed by atoms with E-state index in [1.165, 1.54) is 18.2 Å². The van der Waals surface area contributed by atoms with Gasteiger partial charge in [0.05, 0.1) is 6.54 Å². The Bertz CT molecular complexity index is 418. The minimum atomic E-state index is -3.25. The lowest BCUT2D eigenvalue weighted by molar-refractivity contribution is -0.0521. The van der Waals surface area contributed by atoms with E-state index in [0.717, 1.165) is 0 Å². The summed E-state index contributed by atoms with van der Waals surface area (Å²) < 4.78 is 54.8. The van der Waals surface area contributed by atoms with Crippen LogP contribution in [0.4, 0.5) is 17.6 Å².